The van der Waals surface area contributed by atoms with E-state index in [4.69, 9.17) is 0 Å². The van der Waals surface area contributed by atoms with Crippen LogP contribution in [-0.4, -0.2) is 22.0 Å². The van der Waals surface area contributed by atoms with Crippen LogP contribution >= 0.6 is 0 Å². The number of hydrogen-bond donors (Lipinski definition) is 4. The molecule has 0 aliphatic carbocycles. The maximum atomic E-state index is 11.8. The van der Waals surface area contributed by atoms with Gasteiger partial charge in [0.25, 0.3) is 0 Å². The highest BCUT2D eigenvalue weighted by atomic mass is 16.3. The van der Waals surface area contributed by atoms with Crippen molar-refractivity contribution in [2.75, 3.05) is 5.32 Å². The van der Waals surface area contributed by atoms with Crippen molar-refractivity contribution in [2.24, 2.45) is 0 Å². The highest BCUT2D eigenvalue weighted by Crippen LogP contribution is 2.24. The number of nitrogens with one attached hydrogen (secondary N) is 2. The van der Waals surface area contributed by atoms with Crippen molar-refractivity contribution < 1.29 is 19.8 Å². The van der Waals surface area contributed by atoms with Crippen LogP contribution in [0.2, 0.25) is 0 Å². The summed E-state index contributed by atoms with van der Waals surface area (Å²) < 4.78 is 0. The average molecular weight is 300 g/mol. The van der Waals surface area contributed by atoms with Gasteiger partial charge in [-0.2, -0.15) is 0 Å². The van der Waals surface area contributed by atoms with E-state index in [1.807, 2.05) is 0 Å². The van der Waals surface area contributed by atoms with Gasteiger partial charge in [-0.1, -0.05) is 18.2 Å². The summed E-state index contributed by atoms with van der Waals surface area (Å²) in [6.07, 6.45) is 0. The van der Waals surface area contributed by atoms with E-state index in [9.17, 15) is 19.8 Å². The minimum Gasteiger partial charge on any atom is -0.504 e. The van der Waals surface area contributed by atoms with E-state index < -0.39 is 6.03 Å². The number of aromatic hydroxyl groups is 2. The Bertz CT molecular complexity index is 713. The first-order valence-corrected chi connectivity index (χ1v) is 6.62. The molecule has 114 valence electrons. The molecule has 0 unspecified atom stereocenters. The van der Waals surface area contributed by atoms with Crippen LogP contribution in [0, 0.1) is 0 Å². The number of benzene rings is 2. The van der Waals surface area contributed by atoms with Crippen LogP contribution in [-0.2, 0) is 6.54 Å². The molecule has 6 heteroatoms. The van der Waals surface area contributed by atoms with Gasteiger partial charge in [-0.3, -0.25) is 4.79 Å². The Labute approximate surface area is 127 Å². The Morgan fingerprint density at radius 3 is 2.50 bits per heavy atom. The lowest BCUT2D eigenvalue weighted by molar-refractivity contribution is 0.101. The molecule has 4 N–H and O–H groups in total. The predicted molar refractivity (Wildman–Crippen MR) is 82.1 cm³/mol. The number of hydrogen-bond acceptors (Lipinski definition) is 4. The third-order valence-electron chi connectivity index (χ3n) is 3.02. The fourth-order valence-electron chi connectivity index (χ4n) is 1.85. The largest absolute Gasteiger partial charge is 0.504 e. The number of carbonyl (C=O) groups is 2. The van der Waals surface area contributed by atoms with Crippen molar-refractivity contribution in [1.29, 1.82) is 0 Å². The molecule has 0 bridgehead atoms. The lowest BCUT2D eigenvalue weighted by Crippen LogP contribution is -2.28. The molecule has 22 heavy (non-hydrogen) atoms. The monoisotopic (exact) mass is 300 g/mol. The Morgan fingerprint density at radius 1 is 1.05 bits per heavy atom. The van der Waals surface area contributed by atoms with Gasteiger partial charge in [-0.25, -0.2) is 4.79 Å². The number of ketones is 1. The summed E-state index contributed by atoms with van der Waals surface area (Å²) in [7, 11) is 0. The van der Waals surface area contributed by atoms with E-state index in [2.05, 4.69) is 10.6 Å². The lowest BCUT2D eigenvalue weighted by Gasteiger charge is -2.09. The first kappa shape index (κ1) is 15.4. The number of phenols is 2. The van der Waals surface area contributed by atoms with Crippen LogP contribution in [0.25, 0.3) is 0 Å². The van der Waals surface area contributed by atoms with Crippen LogP contribution < -0.4 is 10.6 Å². The normalized spacial score (nSPS) is 10.0. The quantitative estimate of drug-likeness (QED) is 0.515. The highest BCUT2D eigenvalue weighted by molar-refractivity contribution is 5.96. The standard InChI is InChI=1S/C16H16N2O4/c1-10(19)12-3-2-4-13(8-12)18-16(22)17-9-11-5-6-14(20)15(21)7-11/h2-8,20-21H,9H2,1H3,(H2,17,18,22). The maximum Gasteiger partial charge on any atom is 0.319 e. The van der Waals surface area contributed by atoms with E-state index in [0.29, 0.717) is 16.8 Å². The zero-order valence-corrected chi connectivity index (χ0v) is 12.0. The molecule has 0 fully saturated rings. The Hall–Kier alpha value is -3.02. The molecule has 0 saturated heterocycles. The second kappa shape index (κ2) is 6.62. The fourth-order valence-corrected chi connectivity index (χ4v) is 1.85. The van der Waals surface area contributed by atoms with Crippen molar-refractivity contribution in [3.8, 4) is 11.5 Å². The van der Waals surface area contributed by atoms with Crippen molar-refractivity contribution in [2.45, 2.75) is 13.5 Å². The van der Waals surface area contributed by atoms with Gasteiger partial charge >= 0.3 is 6.03 Å². The molecule has 0 spiro atoms. The topological polar surface area (TPSA) is 98.7 Å². The first-order chi connectivity index (χ1) is 10.5. The van der Waals surface area contributed by atoms with Gasteiger partial charge in [-0.15, -0.1) is 0 Å². The molecule has 2 rings (SSSR count). The predicted octanol–water partition coefficient (Wildman–Crippen LogP) is 2.62. The number of anilines is 1. The molecular formula is C16H16N2O4. The van der Waals surface area contributed by atoms with Crippen LogP contribution in [0.1, 0.15) is 22.8 Å². The molecule has 0 atom stereocenters. The summed E-state index contributed by atoms with van der Waals surface area (Å²) >= 11 is 0. The molecule has 0 radical (unpaired) electrons. The molecule has 0 aliphatic heterocycles. The number of Topliss-reactive ketones (excluding diaryl/α,β-unsaturated/α-hetero) is 1. The Balaban J connectivity index is 1.94. The molecular weight excluding hydrogens is 284 g/mol. The van der Waals surface area contributed by atoms with E-state index in [0.717, 1.165) is 0 Å². The minimum atomic E-state index is -0.437. The summed E-state index contributed by atoms with van der Waals surface area (Å²) in [5, 5.41) is 23.8. The Morgan fingerprint density at radius 2 is 1.82 bits per heavy atom. The lowest BCUT2D eigenvalue weighted by atomic mass is 10.1. The third kappa shape index (κ3) is 3.99. The van der Waals surface area contributed by atoms with Crippen LogP contribution in [0.15, 0.2) is 42.5 Å². The third-order valence-corrected chi connectivity index (χ3v) is 3.02. The molecule has 0 saturated carbocycles. The van der Waals surface area contributed by atoms with Crippen molar-refractivity contribution >= 4 is 17.5 Å². The van der Waals surface area contributed by atoms with Gasteiger partial charge in [0.05, 0.1) is 0 Å². The second-order valence-corrected chi connectivity index (χ2v) is 4.77. The number of carbonyl (C=O) groups excluding carboxylic acids is 2. The zero-order valence-electron chi connectivity index (χ0n) is 12.0. The van der Waals surface area contributed by atoms with Gasteiger partial charge in [0.15, 0.2) is 17.3 Å². The summed E-state index contributed by atoms with van der Waals surface area (Å²) in [5.74, 6) is -0.535. The number of urea groups is 1. The van der Waals surface area contributed by atoms with Crippen LogP contribution in [0.3, 0.4) is 0 Å². The summed E-state index contributed by atoms with van der Waals surface area (Å²) in [6.45, 7) is 1.64. The van der Waals surface area contributed by atoms with Crippen molar-refractivity contribution in [3.63, 3.8) is 0 Å². The smallest absolute Gasteiger partial charge is 0.319 e. The van der Waals surface area contributed by atoms with Gasteiger partial charge in [0.2, 0.25) is 0 Å². The molecule has 0 aliphatic rings. The van der Waals surface area contributed by atoms with Crippen LogP contribution in [0.5, 0.6) is 11.5 Å². The maximum absolute atomic E-state index is 11.8. The summed E-state index contributed by atoms with van der Waals surface area (Å²) in [4.78, 5) is 23.1. The van der Waals surface area contributed by atoms with Gasteiger partial charge in [0.1, 0.15) is 0 Å². The van der Waals surface area contributed by atoms with Crippen molar-refractivity contribution in [1.82, 2.24) is 5.32 Å². The minimum absolute atomic E-state index is 0.0800. The summed E-state index contributed by atoms with van der Waals surface area (Å²) in [5.41, 5.74) is 1.67. The van der Waals surface area contributed by atoms with Gasteiger partial charge in [-0.05, 0) is 36.8 Å². The average Bonchev–Trinajstić information content (AvgIpc) is 2.49. The van der Waals surface area contributed by atoms with Gasteiger partial charge in [0, 0.05) is 17.8 Å². The Kier molecular flexibility index (Phi) is 4.63. The van der Waals surface area contributed by atoms with Crippen LogP contribution in [0.4, 0.5) is 10.5 Å². The molecule has 2 aromatic carbocycles. The fraction of sp³-hybridized carbons (Fsp3) is 0.125. The molecule has 0 aromatic heterocycles. The SMILES string of the molecule is CC(=O)c1cccc(NC(=O)NCc2ccc(O)c(O)c2)c1. The summed E-state index contributed by atoms with van der Waals surface area (Å²) in [6, 6.07) is 10.5. The molecule has 0 heterocycles. The van der Waals surface area contributed by atoms with E-state index in [-0.39, 0.29) is 23.8 Å². The zero-order chi connectivity index (χ0) is 16.1. The van der Waals surface area contributed by atoms with E-state index in [1.165, 1.54) is 19.1 Å². The van der Waals surface area contributed by atoms with E-state index >= 15 is 0 Å². The number of phenolic OH excluding ortho intramolecular Hbond substituents is 2. The molecule has 2 amide bonds. The molecule has 6 nitrogen and oxygen atoms in total. The highest BCUT2D eigenvalue weighted by Gasteiger charge is 2.06. The number of amides is 2. The van der Waals surface area contributed by atoms with Gasteiger partial charge < -0.3 is 20.8 Å². The van der Waals surface area contributed by atoms with Crippen molar-refractivity contribution in [3.05, 3.63) is 53.6 Å². The molecule has 2 aromatic rings. The second-order valence-electron chi connectivity index (χ2n) is 4.77. The van der Waals surface area contributed by atoms with E-state index in [1.54, 1.807) is 30.3 Å². The number of rotatable bonds is 4. The first-order valence-electron chi connectivity index (χ1n) is 6.62.